The fourth-order valence-electron chi connectivity index (χ4n) is 5.37. The molecule has 0 unspecified atom stereocenters. The monoisotopic (exact) mass is 591 g/mol. The molecule has 0 aliphatic carbocycles. The molecule has 2 aromatic carbocycles. The Kier molecular flexibility index (Phi) is 9.26. The molecular formula is C32H32F3N5O3. The van der Waals surface area contributed by atoms with Crippen molar-refractivity contribution in [2.45, 2.75) is 50.6 Å². The number of hydrogen-bond acceptors (Lipinski definition) is 6. The van der Waals surface area contributed by atoms with Gasteiger partial charge in [0, 0.05) is 57.8 Å². The molecule has 2 fully saturated rings. The number of nitrogens with one attached hydrogen (secondary N) is 1. The van der Waals surface area contributed by atoms with Crippen LogP contribution in [0.4, 0.5) is 13.2 Å². The van der Waals surface area contributed by atoms with Gasteiger partial charge in [0.15, 0.2) is 0 Å². The summed E-state index contributed by atoms with van der Waals surface area (Å²) in [5.74, 6) is -0.0997. The highest BCUT2D eigenvalue weighted by atomic mass is 19.4. The van der Waals surface area contributed by atoms with Crippen LogP contribution in [0, 0.1) is 11.3 Å². The molecular weight excluding hydrogens is 559 g/mol. The van der Waals surface area contributed by atoms with Gasteiger partial charge >= 0.3 is 6.18 Å². The molecule has 0 radical (unpaired) electrons. The number of carbonyl (C=O) groups is 2. The van der Waals surface area contributed by atoms with E-state index < -0.39 is 11.7 Å². The van der Waals surface area contributed by atoms with Gasteiger partial charge in [-0.2, -0.15) is 18.4 Å². The molecule has 2 aliphatic heterocycles. The SMILES string of the molecule is N#Cc1ccc(CN2CCC(NC(=O)c3ccc(C(=O)N4CCC(Oc5ccc(C(F)(F)F)cc5)CC4)cn3)CC2)cc1. The third kappa shape index (κ3) is 7.90. The number of carbonyl (C=O) groups excluding carboxylic acids is 2. The van der Waals surface area contributed by atoms with Crippen molar-refractivity contribution in [3.05, 3.63) is 94.8 Å². The van der Waals surface area contributed by atoms with E-state index in [4.69, 9.17) is 10.00 Å². The van der Waals surface area contributed by atoms with Crippen LogP contribution < -0.4 is 10.1 Å². The molecule has 0 saturated carbocycles. The molecule has 43 heavy (non-hydrogen) atoms. The number of alkyl halides is 3. The zero-order valence-corrected chi connectivity index (χ0v) is 23.5. The Hall–Kier alpha value is -4.43. The van der Waals surface area contributed by atoms with Crippen LogP contribution in [-0.4, -0.2) is 64.9 Å². The lowest BCUT2D eigenvalue weighted by Crippen LogP contribution is -2.44. The van der Waals surface area contributed by atoms with E-state index in [9.17, 15) is 22.8 Å². The van der Waals surface area contributed by atoms with Crippen LogP contribution in [0.5, 0.6) is 5.75 Å². The summed E-state index contributed by atoms with van der Waals surface area (Å²) >= 11 is 0. The van der Waals surface area contributed by atoms with E-state index in [1.807, 2.05) is 24.3 Å². The Balaban J connectivity index is 1.04. The number of amides is 2. The minimum Gasteiger partial charge on any atom is -0.490 e. The van der Waals surface area contributed by atoms with E-state index in [2.05, 4.69) is 21.3 Å². The van der Waals surface area contributed by atoms with Gasteiger partial charge in [-0.15, -0.1) is 0 Å². The van der Waals surface area contributed by atoms with Gasteiger partial charge in [0.2, 0.25) is 0 Å². The van der Waals surface area contributed by atoms with Crippen molar-refractivity contribution in [3.63, 3.8) is 0 Å². The largest absolute Gasteiger partial charge is 0.490 e. The molecule has 0 bridgehead atoms. The lowest BCUT2D eigenvalue weighted by molar-refractivity contribution is -0.137. The van der Waals surface area contributed by atoms with Crippen molar-refractivity contribution in [2.75, 3.05) is 26.2 Å². The second-order valence-electron chi connectivity index (χ2n) is 10.9. The average Bonchev–Trinajstić information content (AvgIpc) is 3.02. The zero-order chi connectivity index (χ0) is 30.4. The molecule has 0 atom stereocenters. The Bertz CT molecular complexity index is 1440. The summed E-state index contributed by atoms with van der Waals surface area (Å²) in [5.41, 5.74) is 1.70. The minimum atomic E-state index is -4.39. The summed E-state index contributed by atoms with van der Waals surface area (Å²) in [6.45, 7) is 3.37. The number of aromatic nitrogens is 1. The summed E-state index contributed by atoms with van der Waals surface area (Å²) in [6, 6.07) is 17.5. The standard InChI is InChI=1S/C32H32F3N5O3/c33-32(34,35)25-6-8-27(9-7-25)43-28-13-17-40(18-14-28)31(42)24-5-10-29(37-20-24)30(41)38-26-11-15-39(16-12-26)21-23-3-1-22(19-36)2-4-23/h1-10,20,26,28H,11-18,21H2,(H,38,41). The Labute approximate surface area is 248 Å². The van der Waals surface area contributed by atoms with Crippen LogP contribution in [0.15, 0.2) is 66.9 Å². The van der Waals surface area contributed by atoms with Crippen molar-refractivity contribution < 1.29 is 27.5 Å². The number of halogens is 3. The Morgan fingerprint density at radius 3 is 2.19 bits per heavy atom. The van der Waals surface area contributed by atoms with E-state index in [1.54, 1.807) is 17.0 Å². The maximum atomic E-state index is 13.0. The molecule has 11 heteroatoms. The second-order valence-corrected chi connectivity index (χ2v) is 10.9. The van der Waals surface area contributed by atoms with Crippen molar-refractivity contribution in [3.8, 4) is 11.8 Å². The van der Waals surface area contributed by atoms with Crippen molar-refractivity contribution in [1.29, 1.82) is 5.26 Å². The smallest absolute Gasteiger partial charge is 0.416 e. The van der Waals surface area contributed by atoms with E-state index in [-0.39, 0.29) is 29.7 Å². The first-order valence-electron chi connectivity index (χ1n) is 14.3. The average molecular weight is 592 g/mol. The van der Waals surface area contributed by atoms with Crippen molar-refractivity contribution in [1.82, 2.24) is 20.1 Å². The number of nitriles is 1. The lowest BCUT2D eigenvalue weighted by Gasteiger charge is -2.32. The third-order valence-corrected chi connectivity index (χ3v) is 7.87. The van der Waals surface area contributed by atoms with Gasteiger partial charge in [-0.05, 0) is 66.9 Å². The second kappa shape index (κ2) is 13.3. The van der Waals surface area contributed by atoms with E-state index in [0.29, 0.717) is 42.8 Å². The molecule has 2 amide bonds. The van der Waals surface area contributed by atoms with Gasteiger partial charge in [0.25, 0.3) is 11.8 Å². The van der Waals surface area contributed by atoms with Crippen LogP contribution in [0.1, 0.15) is 63.2 Å². The van der Waals surface area contributed by atoms with Gasteiger partial charge in [-0.3, -0.25) is 19.5 Å². The number of pyridine rings is 1. The molecule has 224 valence electrons. The first-order valence-corrected chi connectivity index (χ1v) is 14.3. The van der Waals surface area contributed by atoms with Crippen molar-refractivity contribution in [2.24, 2.45) is 0 Å². The first kappa shape index (κ1) is 30.0. The lowest BCUT2D eigenvalue weighted by atomic mass is 10.0. The zero-order valence-electron chi connectivity index (χ0n) is 23.5. The summed E-state index contributed by atoms with van der Waals surface area (Å²) in [5, 5.41) is 12.0. The van der Waals surface area contributed by atoms with E-state index in [1.165, 1.54) is 18.3 Å². The minimum absolute atomic E-state index is 0.0407. The number of rotatable bonds is 7. The van der Waals surface area contributed by atoms with Gasteiger partial charge in [0.05, 0.1) is 22.8 Å². The molecule has 0 spiro atoms. The number of hydrogen-bond donors (Lipinski definition) is 1. The van der Waals surface area contributed by atoms with Gasteiger partial charge < -0.3 is 15.0 Å². The van der Waals surface area contributed by atoms with E-state index in [0.717, 1.165) is 50.2 Å². The highest BCUT2D eigenvalue weighted by Crippen LogP contribution is 2.31. The van der Waals surface area contributed by atoms with Crippen LogP contribution in [-0.2, 0) is 12.7 Å². The first-order chi connectivity index (χ1) is 20.7. The maximum Gasteiger partial charge on any atom is 0.416 e. The maximum absolute atomic E-state index is 13.0. The Morgan fingerprint density at radius 2 is 1.60 bits per heavy atom. The molecule has 1 N–H and O–H groups in total. The normalized spacial score (nSPS) is 16.8. The third-order valence-electron chi connectivity index (χ3n) is 7.87. The number of benzene rings is 2. The quantitative estimate of drug-likeness (QED) is 0.413. The van der Waals surface area contributed by atoms with Crippen LogP contribution in [0.2, 0.25) is 0 Å². The van der Waals surface area contributed by atoms with Crippen molar-refractivity contribution >= 4 is 11.8 Å². The fourth-order valence-corrected chi connectivity index (χ4v) is 5.37. The predicted octanol–water partition coefficient (Wildman–Crippen LogP) is 5.05. The van der Waals surface area contributed by atoms with Gasteiger partial charge in [-0.25, -0.2) is 0 Å². The topological polar surface area (TPSA) is 98.6 Å². The van der Waals surface area contributed by atoms with E-state index >= 15 is 0 Å². The van der Waals surface area contributed by atoms with Gasteiger partial charge in [-0.1, -0.05) is 12.1 Å². The molecule has 3 heterocycles. The molecule has 8 nitrogen and oxygen atoms in total. The fraction of sp³-hybridized carbons (Fsp3) is 0.375. The van der Waals surface area contributed by atoms with Crippen LogP contribution in [0.3, 0.4) is 0 Å². The number of likely N-dealkylation sites (tertiary alicyclic amines) is 2. The number of ether oxygens (including phenoxy) is 1. The molecule has 2 aliphatic rings. The Morgan fingerprint density at radius 1 is 0.930 bits per heavy atom. The summed E-state index contributed by atoms with van der Waals surface area (Å²) in [4.78, 5) is 34.1. The van der Waals surface area contributed by atoms with Crippen LogP contribution >= 0.6 is 0 Å². The molecule has 1 aromatic heterocycles. The number of piperidine rings is 2. The molecule has 3 aromatic rings. The summed E-state index contributed by atoms with van der Waals surface area (Å²) in [6.07, 6.45) is -0.446. The van der Waals surface area contributed by atoms with Crippen LogP contribution in [0.25, 0.3) is 0 Å². The molecule has 2 saturated heterocycles. The highest BCUT2D eigenvalue weighted by molar-refractivity contribution is 5.96. The summed E-state index contributed by atoms with van der Waals surface area (Å²) < 4.78 is 44.1. The van der Waals surface area contributed by atoms with Gasteiger partial charge in [0.1, 0.15) is 17.5 Å². The highest BCUT2D eigenvalue weighted by Gasteiger charge is 2.30. The number of nitrogens with zero attached hydrogens (tertiary/aromatic N) is 4. The summed E-state index contributed by atoms with van der Waals surface area (Å²) in [7, 11) is 0. The molecule has 5 rings (SSSR count). The predicted molar refractivity (Wildman–Crippen MR) is 152 cm³/mol.